The molecule has 3 aliphatic rings. The number of hydrogen-bond donors (Lipinski definition) is 0. The quantitative estimate of drug-likeness (QED) is 0.170. The molecule has 0 bridgehead atoms. The van der Waals surface area contributed by atoms with Crippen LogP contribution in [0.25, 0.3) is 66.8 Å². The summed E-state index contributed by atoms with van der Waals surface area (Å²) < 4.78 is 0. The second-order valence-electron chi connectivity index (χ2n) is 18.3. The van der Waals surface area contributed by atoms with Gasteiger partial charge in [-0.2, -0.15) is 0 Å². The zero-order valence-corrected chi connectivity index (χ0v) is 37.8. The maximum absolute atomic E-state index is 2.55. The highest BCUT2D eigenvalue weighted by molar-refractivity contribution is 6.08. The molecule has 0 unspecified atom stereocenters. The number of nitrogens with zero attached hydrogens (tertiary/aromatic N) is 2. The molecule has 69 heavy (non-hydrogen) atoms. The first kappa shape index (κ1) is 39.2. The predicted octanol–water partition coefficient (Wildman–Crippen LogP) is 18.0. The third kappa shape index (κ3) is 5.73. The summed E-state index contributed by atoms with van der Waals surface area (Å²) in [5.41, 5.74) is 25.7. The molecule has 2 nitrogen and oxygen atoms in total. The Morgan fingerprint density at radius 1 is 0.275 bits per heavy atom. The molecule has 1 spiro atoms. The van der Waals surface area contributed by atoms with Gasteiger partial charge in [0.25, 0.3) is 0 Å². The molecule has 0 saturated heterocycles. The predicted molar refractivity (Wildman–Crippen MR) is 287 cm³/mol. The Hall–Kier alpha value is -8.98. The summed E-state index contributed by atoms with van der Waals surface area (Å²) in [4.78, 5) is 5.05. The van der Waals surface area contributed by atoms with Crippen molar-refractivity contribution in [1.82, 2.24) is 0 Å². The highest BCUT2D eigenvalue weighted by Crippen LogP contribution is 2.63. The van der Waals surface area contributed by atoms with Crippen LogP contribution in [0, 0.1) is 0 Å². The van der Waals surface area contributed by atoms with Crippen LogP contribution in [0.3, 0.4) is 0 Å². The Balaban J connectivity index is 1.14. The summed E-state index contributed by atoms with van der Waals surface area (Å²) in [6.45, 7) is 0. The average Bonchev–Trinajstić information content (AvgIpc) is 3.59. The van der Waals surface area contributed by atoms with Crippen molar-refractivity contribution in [2.75, 3.05) is 9.80 Å². The standard InChI is InChI=1S/C67H44N2/c1-3-22-45(23-4-1)48-26-14-19-39-63(48)68(65-41-21-35-58-52-30-10-9-29-51(52)57-34-15-20-40-64(57)69(66(58)65)46-24-5-2-6-25-46)47-42-43-56-50-28-8-7-27-49(50)53-31-11-16-36-59(53)67(62(56)44-47)60-37-17-12-32-54(60)55-33-13-18-38-61(55)67/h1-44H. The van der Waals surface area contributed by atoms with Crippen molar-refractivity contribution in [1.29, 1.82) is 0 Å². The molecule has 2 heteroatoms. The Bertz CT molecular complexity index is 3770. The first-order valence-corrected chi connectivity index (χ1v) is 23.9. The van der Waals surface area contributed by atoms with E-state index < -0.39 is 5.41 Å². The molecule has 14 rings (SSSR count). The fourth-order valence-electron chi connectivity index (χ4n) is 12.1. The van der Waals surface area contributed by atoms with E-state index >= 15 is 0 Å². The summed E-state index contributed by atoms with van der Waals surface area (Å²) in [5, 5.41) is 0. The van der Waals surface area contributed by atoms with Gasteiger partial charge in [-0.1, -0.05) is 224 Å². The van der Waals surface area contributed by atoms with Gasteiger partial charge in [0.15, 0.2) is 0 Å². The van der Waals surface area contributed by atoms with Crippen LogP contribution in [0.2, 0.25) is 0 Å². The number of hydrogen-bond acceptors (Lipinski definition) is 2. The Labute approximate surface area is 403 Å². The molecule has 0 radical (unpaired) electrons. The lowest BCUT2D eigenvalue weighted by Crippen LogP contribution is -2.29. The minimum atomic E-state index is -0.639. The van der Waals surface area contributed by atoms with E-state index in [0.29, 0.717) is 0 Å². The highest BCUT2D eigenvalue weighted by Gasteiger charge is 2.50. The van der Waals surface area contributed by atoms with Crippen molar-refractivity contribution in [3.8, 4) is 66.8 Å². The molecule has 0 N–H and O–H groups in total. The van der Waals surface area contributed by atoms with Crippen LogP contribution in [-0.4, -0.2) is 0 Å². The Kier molecular flexibility index (Phi) is 8.84. The van der Waals surface area contributed by atoms with Crippen molar-refractivity contribution < 1.29 is 0 Å². The molecule has 322 valence electrons. The summed E-state index contributed by atoms with van der Waals surface area (Å²) in [6.07, 6.45) is 0. The van der Waals surface area contributed by atoms with E-state index in [1.165, 1.54) is 72.3 Å². The van der Waals surface area contributed by atoms with Gasteiger partial charge >= 0.3 is 0 Å². The van der Waals surface area contributed by atoms with Crippen molar-refractivity contribution >= 4 is 34.1 Å². The molecule has 0 saturated carbocycles. The summed E-state index contributed by atoms with van der Waals surface area (Å²) >= 11 is 0. The third-order valence-electron chi connectivity index (χ3n) is 14.8. The molecule has 0 atom stereocenters. The van der Waals surface area contributed by atoms with E-state index in [9.17, 15) is 0 Å². The second kappa shape index (κ2) is 15.6. The zero-order valence-electron chi connectivity index (χ0n) is 37.8. The van der Waals surface area contributed by atoms with Crippen LogP contribution < -0.4 is 9.80 Å². The molecule has 1 heterocycles. The molecule has 11 aromatic carbocycles. The maximum atomic E-state index is 2.55. The topological polar surface area (TPSA) is 6.48 Å². The van der Waals surface area contributed by atoms with E-state index in [1.807, 2.05) is 0 Å². The minimum Gasteiger partial charge on any atom is -0.308 e. The maximum Gasteiger partial charge on any atom is 0.0781 e. The summed E-state index contributed by atoms with van der Waals surface area (Å²) in [5.74, 6) is 0. The monoisotopic (exact) mass is 876 g/mol. The number of rotatable bonds is 5. The second-order valence-corrected chi connectivity index (χ2v) is 18.3. The normalized spacial score (nSPS) is 13.0. The van der Waals surface area contributed by atoms with Gasteiger partial charge in [0, 0.05) is 28.1 Å². The van der Waals surface area contributed by atoms with E-state index in [-0.39, 0.29) is 0 Å². The fraction of sp³-hybridized carbons (Fsp3) is 0.0149. The summed E-state index contributed by atoms with van der Waals surface area (Å²) in [7, 11) is 0. The van der Waals surface area contributed by atoms with Gasteiger partial charge in [-0.3, -0.25) is 0 Å². The smallest absolute Gasteiger partial charge is 0.0781 e. The van der Waals surface area contributed by atoms with Crippen LogP contribution in [0.15, 0.2) is 267 Å². The molecule has 1 aliphatic heterocycles. The van der Waals surface area contributed by atoms with Gasteiger partial charge in [0.1, 0.15) is 0 Å². The number of para-hydroxylation sites is 4. The van der Waals surface area contributed by atoms with Crippen LogP contribution in [-0.2, 0) is 5.41 Å². The van der Waals surface area contributed by atoms with Crippen LogP contribution >= 0.6 is 0 Å². The molecule has 0 amide bonds. The molecule has 0 aromatic heterocycles. The molecule has 2 aliphatic carbocycles. The summed E-state index contributed by atoms with van der Waals surface area (Å²) in [6, 6.07) is 99.2. The zero-order chi connectivity index (χ0) is 45.5. The molecular weight excluding hydrogens is 833 g/mol. The van der Waals surface area contributed by atoms with Crippen molar-refractivity contribution in [3.63, 3.8) is 0 Å². The van der Waals surface area contributed by atoms with Crippen LogP contribution in [0.5, 0.6) is 0 Å². The number of anilines is 6. The molecule has 0 fully saturated rings. The van der Waals surface area contributed by atoms with E-state index in [4.69, 9.17) is 0 Å². The van der Waals surface area contributed by atoms with Gasteiger partial charge < -0.3 is 9.80 Å². The van der Waals surface area contributed by atoms with Crippen LogP contribution in [0.4, 0.5) is 34.1 Å². The van der Waals surface area contributed by atoms with Gasteiger partial charge in [-0.15, -0.1) is 0 Å². The lowest BCUT2D eigenvalue weighted by Gasteiger charge is -2.38. The minimum absolute atomic E-state index is 0.639. The number of fused-ring (bicyclic) bond motifs is 17. The van der Waals surface area contributed by atoms with E-state index in [2.05, 4.69) is 277 Å². The highest BCUT2D eigenvalue weighted by atomic mass is 15.2. The van der Waals surface area contributed by atoms with Crippen molar-refractivity contribution in [2.24, 2.45) is 0 Å². The molecular formula is C67H44N2. The van der Waals surface area contributed by atoms with Gasteiger partial charge in [-0.05, 0) is 115 Å². The average molecular weight is 877 g/mol. The SMILES string of the molecule is c1ccc(-c2ccccc2N(c2ccc3c(c2)C2(c4ccccc4-c4ccccc4-3)c3ccccc3-c3ccccc32)c2cccc3c2N(c2ccccc2)c2ccccc2-c2ccccc2-3)cc1. The first-order chi connectivity index (χ1) is 34.3. The van der Waals surface area contributed by atoms with E-state index in [0.717, 1.165) is 50.8 Å². The Morgan fingerprint density at radius 2 is 0.696 bits per heavy atom. The van der Waals surface area contributed by atoms with Gasteiger partial charge in [0.2, 0.25) is 0 Å². The van der Waals surface area contributed by atoms with Crippen LogP contribution in [0.1, 0.15) is 22.3 Å². The van der Waals surface area contributed by atoms with Crippen molar-refractivity contribution in [3.05, 3.63) is 289 Å². The molecule has 11 aromatic rings. The largest absolute Gasteiger partial charge is 0.308 e. The lowest BCUT2D eigenvalue weighted by molar-refractivity contribution is 0.775. The fourth-order valence-corrected chi connectivity index (χ4v) is 12.1. The first-order valence-electron chi connectivity index (χ1n) is 23.9. The van der Waals surface area contributed by atoms with Gasteiger partial charge in [-0.25, -0.2) is 0 Å². The lowest BCUT2D eigenvalue weighted by atomic mass is 9.66. The van der Waals surface area contributed by atoms with Crippen molar-refractivity contribution in [2.45, 2.75) is 5.41 Å². The third-order valence-corrected chi connectivity index (χ3v) is 14.8. The van der Waals surface area contributed by atoms with E-state index in [1.54, 1.807) is 0 Å². The Morgan fingerprint density at radius 3 is 1.32 bits per heavy atom. The van der Waals surface area contributed by atoms with Gasteiger partial charge in [0.05, 0.1) is 28.2 Å². The number of benzene rings is 11.